The van der Waals surface area contributed by atoms with Crippen LogP contribution in [0.5, 0.6) is 0 Å². The lowest BCUT2D eigenvalue weighted by molar-refractivity contribution is 0.821. The second-order valence-corrected chi connectivity index (χ2v) is 4.37. The molecule has 0 aliphatic carbocycles. The zero-order chi connectivity index (χ0) is 10.3. The van der Waals surface area contributed by atoms with Gasteiger partial charge in [0.05, 0.1) is 11.1 Å². The molecule has 2 rings (SSSR count). The summed E-state index contributed by atoms with van der Waals surface area (Å²) in [4.78, 5) is 4.43. The highest BCUT2D eigenvalue weighted by Crippen LogP contribution is 2.27. The summed E-state index contributed by atoms with van der Waals surface area (Å²) in [5.41, 5.74) is 7.37. The molecule has 2 heterocycles. The number of nitrogen functional groups attached to an aromatic ring is 1. The van der Waals surface area contributed by atoms with Gasteiger partial charge in [0, 0.05) is 4.47 Å². The molecule has 0 amide bonds. The molecule has 0 atom stereocenters. The molecule has 2 aromatic rings. The Balaban J connectivity index is 2.72. The predicted molar refractivity (Wildman–Crippen MR) is 60.1 cm³/mol. The van der Waals surface area contributed by atoms with Crippen LogP contribution in [0.25, 0.3) is 11.0 Å². The Bertz CT molecular complexity index is 475. The molecule has 0 radical (unpaired) electrons. The number of nitrogens with one attached hydrogen (secondary N) is 1. The number of anilines is 1. The Hall–Kier alpha value is -1.10. The Morgan fingerprint density at radius 2 is 2.21 bits per heavy atom. The van der Waals surface area contributed by atoms with Crippen molar-refractivity contribution < 1.29 is 0 Å². The van der Waals surface area contributed by atoms with E-state index in [9.17, 15) is 0 Å². The third kappa shape index (κ3) is 1.37. The summed E-state index contributed by atoms with van der Waals surface area (Å²) < 4.78 is 0.980. The molecule has 0 spiro atoms. The highest BCUT2D eigenvalue weighted by molar-refractivity contribution is 9.10. The highest BCUT2D eigenvalue weighted by atomic mass is 79.9. The Labute approximate surface area is 90.0 Å². The SMILES string of the molecule is CC(C)c1nc2n[nH]c(N)c2cc1Br. The number of aromatic nitrogens is 3. The average molecular weight is 255 g/mol. The van der Waals surface area contributed by atoms with Gasteiger partial charge in [0.2, 0.25) is 0 Å². The lowest BCUT2D eigenvalue weighted by atomic mass is 10.1. The first-order chi connectivity index (χ1) is 6.59. The molecule has 2 aromatic heterocycles. The van der Waals surface area contributed by atoms with Gasteiger partial charge in [0.1, 0.15) is 5.82 Å². The third-order valence-corrected chi connectivity index (χ3v) is 2.74. The maximum atomic E-state index is 5.69. The van der Waals surface area contributed by atoms with Crippen molar-refractivity contribution in [1.82, 2.24) is 15.2 Å². The second-order valence-electron chi connectivity index (χ2n) is 3.52. The normalized spacial score (nSPS) is 11.4. The van der Waals surface area contributed by atoms with E-state index in [0.717, 1.165) is 15.6 Å². The average Bonchev–Trinajstić information content (AvgIpc) is 2.46. The first-order valence-electron chi connectivity index (χ1n) is 4.39. The van der Waals surface area contributed by atoms with Gasteiger partial charge in [0.15, 0.2) is 5.65 Å². The van der Waals surface area contributed by atoms with Gasteiger partial charge in [-0.2, -0.15) is 5.10 Å². The zero-order valence-corrected chi connectivity index (χ0v) is 9.59. The van der Waals surface area contributed by atoms with Crippen molar-refractivity contribution in [2.45, 2.75) is 19.8 Å². The van der Waals surface area contributed by atoms with Gasteiger partial charge in [-0.15, -0.1) is 0 Å². The monoisotopic (exact) mass is 254 g/mol. The number of fused-ring (bicyclic) bond motifs is 1. The molecule has 5 heteroatoms. The lowest BCUT2D eigenvalue weighted by Crippen LogP contribution is -1.94. The number of rotatable bonds is 1. The summed E-state index contributed by atoms with van der Waals surface area (Å²) in [6.07, 6.45) is 0. The van der Waals surface area contributed by atoms with Crippen molar-refractivity contribution in [3.05, 3.63) is 16.2 Å². The van der Waals surface area contributed by atoms with E-state index in [2.05, 4.69) is 45.0 Å². The standard InChI is InChI=1S/C9H11BrN4/c1-4(2)7-6(10)3-5-8(11)13-14-9(5)12-7/h3-4H,1-2H3,(H3,11,12,13,14). The van der Waals surface area contributed by atoms with Crippen molar-refractivity contribution in [2.75, 3.05) is 5.73 Å². The Morgan fingerprint density at radius 3 is 2.86 bits per heavy atom. The topological polar surface area (TPSA) is 67.6 Å². The molecule has 74 valence electrons. The van der Waals surface area contributed by atoms with E-state index in [1.807, 2.05) is 6.07 Å². The van der Waals surface area contributed by atoms with Crippen LogP contribution in [-0.4, -0.2) is 15.2 Å². The number of hydrogen-bond acceptors (Lipinski definition) is 3. The van der Waals surface area contributed by atoms with Gasteiger partial charge in [-0.3, -0.25) is 5.10 Å². The van der Waals surface area contributed by atoms with Gasteiger partial charge in [-0.1, -0.05) is 13.8 Å². The van der Waals surface area contributed by atoms with E-state index < -0.39 is 0 Å². The van der Waals surface area contributed by atoms with Crippen molar-refractivity contribution in [3.63, 3.8) is 0 Å². The minimum Gasteiger partial charge on any atom is -0.384 e. The summed E-state index contributed by atoms with van der Waals surface area (Å²) in [6.45, 7) is 4.18. The highest BCUT2D eigenvalue weighted by Gasteiger charge is 2.11. The van der Waals surface area contributed by atoms with Crippen LogP contribution in [-0.2, 0) is 0 Å². The molecule has 0 saturated carbocycles. The van der Waals surface area contributed by atoms with Crippen LogP contribution < -0.4 is 5.73 Å². The van der Waals surface area contributed by atoms with Gasteiger partial charge >= 0.3 is 0 Å². The Kier molecular flexibility index (Phi) is 2.19. The van der Waals surface area contributed by atoms with Gasteiger partial charge in [0.25, 0.3) is 0 Å². The van der Waals surface area contributed by atoms with E-state index in [1.54, 1.807) is 0 Å². The smallest absolute Gasteiger partial charge is 0.183 e. The number of nitrogens with two attached hydrogens (primary N) is 1. The van der Waals surface area contributed by atoms with E-state index in [1.165, 1.54) is 0 Å². The molecule has 0 saturated heterocycles. The minimum absolute atomic E-state index is 0.367. The fourth-order valence-electron chi connectivity index (χ4n) is 1.35. The fraction of sp³-hybridized carbons (Fsp3) is 0.333. The molecule has 0 bridgehead atoms. The quantitative estimate of drug-likeness (QED) is 0.822. The van der Waals surface area contributed by atoms with Crippen molar-refractivity contribution >= 4 is 32.8 Å². The number of halogens is 1. The summed E-state index contributed by atoms with van der Waals surface area (Å²) >= 11 is 3.48. The van der Waals surface area contributed by atoms with Crippen LogP contribution in [0.15, 0.2) is 10.5 Å². The molecule has 3 N–H and O–H groups in total. The van der Waals surface area contributed by atoms with Crippen LogP contribution in [0, 0.1) is 0 Å². The van der Waals surface area contributed by atoms with Crippen LogP contribution >= 0.6 is 15.9 Å². The van der Waals surface area contributed by atoms with Crippen LogP contribution in [0.3, 0.4) is 0 Å². The number of aromatic amines is 1. The number of hydrogen-bond donors (Lipinski definition) is 2. The summed E-state index contributed by atoms with van der Waals surface area (Å²) in [5.74, 6) is 0.926. The van der Waals surface area contributed by atoms with E-state index in [0.29, 0.717) is 17.4 Å². The van der Waals surface area contributed by atoms with Gasteiger partial charge in [-0.05, 0) is 27.9 Å². The third-order valence-electron chi connectivity index (χ3n) is 2.10. The van der Waals surface area contributed by atoms with E-state index in [4.69, 9.17) is 5.73 Å². The molecule has 0 aliphatic rings. The molecular weight excluding hydrogens is 244 g/mol. The van der Waals surface area contributed by atoms with Gasteiger partial charge in [-0.25, -0.2) is 4.98 Å². The molecule has 0 unspecified atom stereocenters. The minimum atomic E-state index is 0.367. The Morgan fingerprint density at radius 1 is 1.50 bits per heavy atom. The van der Waals surface area contributed by atoms with Crippen molar-refractivity contribution in [3.8, 4) is 0 Å². The maximum Gasteiger partial charge on any atom is 0.183 e. The molecule has 0 aliphatic heterocycles. The first-order valence-corrected chi connectivity index (χ1v) is 5.19. The zero-order valence-electron chi connectivity index (χ0n) is 8.00. The van der Waals surface area contributed by atoms with Crippen LogP contribution in [0.4, 0.5) is 5.82 Å². The van der Waals surface area contributed by atoms with Gasteiger partial charge < -0.3 is 5.73 Å². The molecule has 4 nitrogen and oxygen atoms in total. The van der Waals surface area contributed by atoms with Crippen molar-refractivity contribution in [2.24, 2.45) is 0 Å². The summed E-state index contributed by atoms with van der Waals surface area (Å²) in [6, 6.07) is 1.95. The summed E-state index contributed by atoms with van der Waals surface area (Å²) in [7, 11) is 0. The maximum absolute atomic E-state index is 5.69. The van der Waals surface area contributed by atoms with Crippen LogP contribution in [0.2, 0.25) is 0 Å². The first kappa shape index (κ1) is 9.45. The molecule has 0 aromatic carbocycles. The molecule has 0 fully saturated rings. The largest absolute Gasteiger partial charge is 0.384 e. The van der Waals surface area contributed by atoms with Crippen molar-refractivity contribution in [1.29, 1.82) is 0 Å². The predicted octanol–water partition coefficient (Wildman–Crippen LogP) is 2.43. The number of pyridine rings is 1. The number of H-pyrrole nitrogens is 1. The van der Waals surface area contributed by atoms with E-state index in [-0.39, 0.29) is 0 Å². The summed E-state index contributed by atoms with van der Waals surface area (Å²) in [5, 5.41) is 7.60. The second kappa shape index (κ2) is 3.24. The molecule has 14 heavy (non-hydrogen) atoms. The fourth-order valence-corrected chi connectivity index (χ4v) is 2.13. The van der Waals surface area contributed by atoms with Crippen LogP contribution in [0.1, 0.15) is 25.5 Å². The molecular formula is C9H11BrN4. The lowest BCUT2D eigenvalue weighted by Gasteiger charge is -2.06. The number of nitrogens with zero attached hydrogens (tertiary/aromatic N) is 2. The van der Waals surface area contributed by atoms with E-state index >= 15 is 0 Å².